The van der Waals surface area contributed by atoms with Crippen molar-refractivity contribution in [1.29, 1.82) is 0 Å². The van der Waals surface area contributed by atoms with Crippen LogP contribution in [0.4, 0.5) is 11.4 Å². The summed E-state index contributed by atoms with van der Waals surface area (Å²) < 4.78 is 0. The van der Waals surface area contributed by atoms with Crippen molar-refractivity contribution in [2.24, 2.45) is 0 Å². The highest BCUT2D eigenvalue weighted by atomic mass is 15.2. The summed E-state index contributed by atoms with van der Waals surface area (Å²) in [4.78, 5) is 17.3. The fraction of sp³-hybridized carbons (Fsp3) is 0.0541. The van der Waals surface area contributed by atoms with Crippen LogP contribution in [0, 0.1) is 0 Å². The number of benzene rings is 5. The van der Waals surface area contributed by atoms with E-state index in [0.717, 1.165) is 22.4 Å². The molecule has 41 heavy (non-hydrogen) atoms. The van der Waals surface area contributed by atoms with E-state index in [9.17, 15) is 0 Å². The molecule has 4 nitrogen and oxygen atoms in total. The maximum Gasteiger partial charge on any atom is 0.164 e. The van der Waals surface area contributed by atoms with E-state index in [2.05, 4.69) is 89.8 Å². The van der Waals surface area contributed by atoms with Crippen LogP contribution in [0.15, 0.2) is 140 Å². The Morgan fingerprint density at radius 3 is 1.76 bits per heavy atom. The van der Waals surface area contributed by atoms with E-state index in [1.54, 1.807) is 0 Å². The predicted molar refractivity (Wildman–Crippen MR) is 166 cm³/mol. The van der Waals surface area contributed by atoms with Gasteiger partial charge in [0.15, 0.2) is 17.5 Å². The fourth-order valence-corrected chi connectivity index (χ4v) is 6.20. The first-order valence-electron chi connectivity index (χ1n) is 14.0. The van der Waals surface area contributed by atoms with Crippen molar-refractivity contribution in [3.63, 3.8) is 0 Å². The number of anilines is 2. The zero-order chi connectivity index (χ0) is 27.2. The van der Waals surface area contributed by atoms with Crippen molar-refractivity contribution >= 4 is 17.5 Å². The third-order valence-corrected chi connectivity index (χ3v) is 8.06. The number of fused-ring (bicyclic) bond motifs is 5. The lowest BCUT2D eigenvalue weighted by molar-refractivity contribution is 0.724. The van der Waals surface area contributed by atoms with Crippen molar-refractivity contribution in [2.75, 3.05) is 4.90 Å². The molecule has 194 valence electrons. The molecule has 1 aromatic heterocycles. The monoisotopic (exact) mass is 526 g/mol. The smallest absolute Gasteiger partial charge is 0.164 e. The van der Waals surface area contributed by atoms with Gasteiger partial charge in [-0.3, -0.25) is 0 Å². The van der Waals surface area contributed by atoms with Crippen LogP contribution < -0.4 is 4.90 Å². The van der Waals surface area contributed by atoms with Crippen molar-refractivity contribution in [1.82, 2.24) is 15.0 Å². The Hall–Kier alpha value is -5.35. The van der Waals surface area contributed by atoms with Gasteiger partial charge < -0.3 is 4.90 Å². The van der Waals surface area contributed by atoms with Gasteiger partial charge in [0.25, 0.3) is 0 Å². The number of aromatic nitrogens is 3. The van der Waals surface area contributed by atoms with Crippen LogP contribution in [0.3, 0.4) is 0 Å². The second-order valence-corrected chi connectivity index (χ2v) is 10.5. The van der Waals surface area contributed by atoms with Gasteiger partial charge in [-0.1, -0.05) is 127 Å². The van der Waals surface area contributed by atoms with Crippen LogP contribution in [0.2, 0.25) is 0 Å². The summed E-state index contributed by atoms with van der Waals surface area (Å²) in [6.45, 7) is 0. The van der Waals surface area contributed by atoms with Crippen LogP contribution in [0.25, 0.3) is 40.2 Å². The molecule has 2 heterocycles. The minimum Gasteiger partial charge on any atom is -0.333 e. The summed E-state index contributed by atoms with van der Waals surface area (Å²) in [5, 5.41) is 0. The second kappa shape index (κ2) is 9.68. The van der Waals surface area contributed by atoms with Crippen molar-refractivity contribution in [3.8, 4) is 34.2 Å². The summed E-state index contributed by atoms with van der Waals surface area (Å²) >= 11 is 0. The summed E-state index contributed by atoms with van der Waals surface area (Å²) in [5.41, 5.74) is 9.28. The van der Waals surface area contributed by atoms with E-state index >= 15 is 0 Å². The van der Waals surface area contributed by atoms with Crippen LogP contribution in [0.5, 0.6) is 0 Å². The summed E-state index contributed by atoms with van der Waals surface area (Å²) in [7, 11) is 0. The van der Waals surface area contributed by atoms with Gasteiger partial charge in [-0.15, -0.1) is 0 Å². The molecule has 0 saturated heterocycles. The molecule has 0 bridgehead atoms. The Balaban J connectivity index is 1.26. The molecule has 1 aliphatic carbocycles. The molecule has 2 aliphatic rings. The second-order valence-electron chi connectivity index (χ2n) is 10.5. The Labute approximate surface area is 239 Å². The highest BCUT2D eigenvalue weighted by molar-refractivity contribution is 5.81. The lowest BCUT2D eigenvalue weighted by atomic mass is 9.81. The van der Waals surface area contributed by atoms with Crippen molar-refractivity contribution < 1.29 is 0 Å². The number of hydrogen-bond acceptors (Lipinski definition) is 4. The summed E-state index contributed by atoms with van der Waals surface area (Å²) in [6.07, 6.45) is 4.62. The highest BCUT2D eigenvalue weighted by Gasteiger charge is 2.40. The van der Waals surface area contributed by atoms with E-state index < -0.39 is 0 Å². The van der Waals surface area contributed by atoms with Gasteiger partial charge in [-0.25, -0.2) is 15.0 Å². The maximum absolute atomic E-state index is 4.97. The number of para-hydroxylation sites is 1. The largest absolute Gasteiger partial charge is 0.333 e. The molecule has 2 unspecified atom stereocenters. The lowest BCUT2D eigenvalue weighted by Gasteiger charge is -2.31. The Kier molecular flexibility index (Phi) is 5.56. The SMILES string of the molecule is C1=CC2C(c3ccccc31)c1ccccc1N2c1cccc(-c2nc(-c3ccccc3)nc(-c3ccccc3)n2)c1. The lowest BCUT2D eigenvalue weighted by Crippen LogP contribution is -2.30. The predicted octanol–water partition coefficient (Wildman–Crippen LogP) is 8.55. The normalized spacial score (nSPS) is 16.6. The molecular weight excluding hydrogens is 500 g/mol. The molecule has 0 N–H and O–H groups in total. The average molecular weight is 527 g/mol. The van der Waals surface area contributed by atoms with E-state index in [1.807, 2.05) is 60.7 Å². The first kappa shape index (κ1) is 23.5. The Morgan fingerprint density at radius 2 is 1.05 bits per heavy atom. The molecule has 4 heteroatoms. The minimum atomic E-state index is 0.190. The topological polar surface area (TPSA) is 41.9 Å². The van der Waals surface area contributed by atoms with Gasteiger partial charge in [0, 0.05) is 34.0 Å². The van der Waals surface area contributed by atoms with Gasteiger partial charge in [-0.2, -0.15) is 0 Å². The van der Waals surface area contributed by atoms with Crippen LogP contribution in [-0.4, -0.2) is 21.0 Å². The average Bonchev–Trinajstić information content (AvgIpc) is 3.40. The first-order valence-corrected chi connectivity index (χ1v) is 14.0. The molecule has 8 rings (SSSR count). The standard InChI is InChI=1S/C37H26N4/c1-3-13-26(14-4-1)35-38-36(27-15-5-2-6-16-27)40-37(39-35)28-17-11-18-29(24-28)41-32-21-10-9-20-31(32)34-30-19-8-7-12-25(30)22-23-33(34)41/h1-24,33-34H. The fourth-order valence-electron chi connectivity index (χ4n) is 6.20. The van der Waals surface area contributed by atoms with Crippen molar-refractivity contribution in [2.45, 2.75) is 12.0 Å². The number of hydrogen-bond donors (Lipinski definition) is 0. The molecular formula is C37H26N4. The molecule has 2 atom stereocenters. The van der Waals surface area contributed by atoms with Gasteiger partial charge in [-0.05, 0) is 34.9 Å². The maximum atomic E-state index is 4.97. The van der Waals surface area contributed by atoms with Crippen LogP contribution in [-0.2, 0) is 0 Å². The van der Waals surface area contributed by atoms with Crippen LogP contribution >= 0.6 is 0 Å². The number of nitrogens with zero attached hydrogens (tertiary/aromatic N) is 4. The van der Waals surface area contributed by atoms with E-state index in [1.165, 1.54) is 22.4 Å². The van der Waals surface area contributed by atoms with Gasteiger partial charge >= 0.3 is 0 Å². The summed E-state index contributed by atoms with van der Waals surface area (Å²) in [6, 6.07) is 46.6. The van der Waals surface area contributed by atoms with Crippen LogP contribution in [0.1, 0.15) is 22.6 Å². The summed E-state index contributed by atoms with van der Waals surface area (Å²) in [5.74, 6) is 2.27. The Bertz CT molecular complexity index is 1860. The molecule has 0 amide bonds. The highest BCUT2D eigenvalue weighted by Crippen LogP contribution is 2.51. The molecule has 1 aliphatic heterocycles. The van der Waals surface area contributed by atoms with E-state index in [4.69, 9.17) is 15.0 Å². The molecule has 0 saturated carbocycles. The minimum absolute atomic E-state index is 0.190. The van der Waals surface area contributed by atoms with Gasteiger partial charge in [0.2, 0.25) is 0 Å². The van der Waals surface area contributed by atoms with E-state index in [0.29, 0.717) is 17.5 Å². The molecule has 0 spiro atoms. The third-order valence-electron chi connectivity index (χ3n) is 8.06. The van der Waals surface area contributed by atoms with Gasteiger partial charge in [0.05, 0.1) is 6.04 Å². The van der Waals surface area contributed by atoms with E-state index in [-0.39, 0.29) is 12.0 Å². The molecule has 0 radical (unpaired) electrons. The molecule has 0 fully saturated rings. The molecule has 6 aromatic rings. The zero-order valence-corrected chi connectivity index (χ0v) is 22.3. The van der Waals surface area contributed by atoms with Gasteiger partial charge in [0.1, 0.15) is 0 Å². The molecule has 5 aromatic carbocycles. The zero-order valence-electron chi connectivity index (χ0n) is 22.3. The van der Waals surface area contributed by atoms with Crippen molar-refractivity contribution in [3.05, 3.63) is 156 Å². The quantitative estimate of drug-likeness (QED) is 0.231. The first-order chi connectivity index (χ1) is 20.3. The third kappa shape index (κ3) is 4.04. The number of rotatable bonds is 4. The Morgan fingerprint density at radius 1 is 0.488 bits per heavy atom.